The van der Waals surface area contributed by atoms with Crippen molar-refractivity contribution in [2.75, 3.05) is 16.3 Å². The number of hydrogen-bond donors (Lipinski definition) is 3. The first-order chi connectivity index (χ1) is 15.0. The average molecular weight is 475 g/mol. The lowest BCUT2D eigenvalue weighted by Crippen LogP contribution is -2.16. The van der Waals surface area contributed by atoms with Gasteiger partial charge < -0.3 is 10.4 Å². The molecule has 0 atom stereocenters. The van der Waals surface area contributed by atoms with Crippen LogP contribution in [0.15, 0.2) is 82.6 Å². The molecule has 0 bridgehead atoms. The molecule has 3 rings (SSSR count). The zero-order valence-electron chi connectivity index (χ0n) is 16.6. The number of aromatic carboxylic acids is 1. The molecule has 0 aliphatic carbocycles. The van der Waals surface area contributed by atoms with Crippen LogP contribution in [0.25, 0.3) is 0 Å². The Labute approximate surface area is 184 Å². The van der Waals surface area contributed by atoms with Gasteiger partial charge in [0.1, 0.15) is 0 Å². The van der Waals surface area contributed by atoms with E-state index in [4.69, 9.17) is 0 Å². The van der Waals surface area contributed by atoms with Crippen LogP contribution in [-0.4, -0.2) is 40.1 Å². The molecular formula is C21H18N2O7S2. The number of benzene rings is 3. The Balaban J connectivity index is 1.79. The van der Waals surface area contributed by atoms with Gasteiger partial charge in [0.25, 0.3) is 5.91 Å². The van der Waals surface area contributed by atoms with Crippen LogP contribution in [0.3, 0.4) is 0 Å². The van der Waals surface area contributed by atoms with Gasteiger partial charge in [-0.25, -0.2) is 21.6 Å². The summed E-state index contributed by atoms with van der Waals surface area (Å²) < 4.78 is 50.4. The zero-order chi connectivity index (χ0) is 23.5. The van der Waals surface area contributed by atoms with Crippen molar-refractivity contribution in [2.24, 2.45) is 0 Å². The Morgan fingerprint density at radius 3 is 1.66 bits per heavy atom. The van der Waals surface area contributed by atoms with E-state index >= 15 is 0 Å². The molecule has 0 aromatic heterocycles. The third-order valence-electron chi connectivity index (χ3n) is 4.29. The Morgan fingerprint density at radius 2 is 1.19 bits per heavy atom. The summed E-state index contributed by atoms with van der Waals surface area (Å²) >= 11 is 0. The first-order valence-electron chi connectivity index (χ1n) is 9.04. The van der Waals surface area contributed by atoms with Crippen LogP contribution in [0.2, 0.25) is 0 Å². The van der Waals surface area contributed by atoms with Crippen molar-refractivity contribution in [1.29, 1.82) is 0 Å². The molecule has 0 saturated heterocycles. The van der Waals surface area contributed by atoms with E-state index in [2.05, 4.69) is 10.0 Å². The van der Waals surface area contributed by atoms with E-state index in [1.807, 2.05) is 0 Å². The van der Waals surface area contributed by atoms with E-state index in [9.17, 15) is 31.5 Å². The fourth-order valence-electron chi connectivity index (χ4n) is 2.84. The summed E-state index contributed by atoms with van der Waals surface area (Å²) in [5, 5.41) is 11.7. The molecule has 0 fully saturated rings. The quantitative estimate of drug-likeness (QED) is 0.477. The number of carboxylic acids is 1. The number of sulfonamides is 1. The molecule has 32 heavy (non-hydrogen) atoms. The lowest BCUT2D eigenvalue weighted by Gasteiger charge is -2.10. The molecule has 0 aliphatic rings. The minimum absolute atomic E-state index is 0.0282. The number of sulfone groups is 1. The number of carboxylic acid groups (broad SMARTS) is 1. The Morgan fingerprint density at radius 1 is 0.719 bits per heavy atom. The van der Waals surface area contributed by atoms with E-state index < -0.39 is 31.7 Å². The first-order valence-corrected chi connectivity index (χ1v) is 12.4. The van der Waals surface area contributed by atoms with Gasteiger partial charge in [-0.1, -0.05) is 12.1 Å². The lowest BCUT2D eigenvalue weighted by atomic mass is 10.1. The molecule has 0 unspecified atom stereocenters. The van der Waals surface area contributed by atoms with Crippen molar-refractivity contribution >= 4 is 43.1 Å². The van der Waals surface area contributed by atoms with Gasteiger partial charge in [-0.15, -0.1) is 0 Å². The summed E-state index contributed by atoms with van der Waals surface area (Å²) in [7, 11) is -7.37. The second-order valence-electron chi connectivity index (χ2n) is 6.73. The fraction of sp³-hybridized carbons (Fsp3) is 0.0476. The molecule has 1 amide bonds. The van der Waals surface area contributed by atoms with Gasteiger partial charge in [-0.2, -0.15) is 0 Å². The lowest BCUT2D eigenvalue weighted by molar-refractivity contribution is 0.0692. The average Bonchev–Trinajstić information content (AvgIpc) is 2.73. The SMILES string of the molecule is CS(=O)(=O)Nc1ccc(S(=O)(=O)c2ccc(NC(=O)c3ccccc3C(=O)O)cc2)cc1. The summed E-state index contributed by atoms with van der Waals surface area (Å²) in [5.74, 6) is -1.89. The van der Waals surface area contributed by atoms with E-state index in [-0.39, 0.29) is 32.3 Å². The standard InChI is InChI=1S/C21H18N2O7S2/c1-31(27,28)23-15-8-12-17(13-9-15)32(29,30)16-10-6-14(7-11-16)22-20(24)18-4-2-3-5-19(18)21(25)26/h2-13,23H,1H3,(H,22,24)(H,25,26). The van der Waals surface area contributed by atoms with Crippen molar-refractivity contribution in [1.82, 2.24) is 0 Å². The van der Waals surface area contributed by atoms with Crippen LogP contribution >= 0.6 is 0 Å². The van der Waals surface area contributed by atoms with Crippen LogP contribution in [-0.2, 0) is 19.9 Å². The number of anilines is 2. The molecular weight excluding hydrogens is 456 g/mol. The highest BCUT2D eigenvalue weighted by molar-refractivity contribution is 7.92. The third-order valence-corrected chi connectivity index (χ3v) is 6.68. The minimum atomic E-state index is -3.88. The third kappa shape index (κ3) is 5.31. The second-order valence-corrected chi connectivity index (χ2v) is 10.4. The molecule has 0 spiro atoms. The normalized spacial score (nSPS) is 11.5. The summed E-state index contributed by atoms with van der Waals surface area (Å²) in [5.41, 5.74) is 0.325. The van der Waals surface area contributed by atoms with Gasteiger partial charge in [0.15, 0.2) is 0 Å². The summed E-state index contributed by atoms with van der Waals surface area (Å²) in [6.45, 7) is 0. The van der Waals surface area contributed by atoms with E-state index in [1.165, 1.54) is 72.8 Å². The predicted molar refractivity (Wildman–Crippen MR) is 118 cm³/mol. The molecule has 9 nitrogen and oxygen atoms in total. The number of nitrogens with one attached hydrogen (secondary N) is 2. The van der Waals surface area contributed by atoms with Crippen LogP contribution in [0, 0.1) is 0 Å². The fourth-order valence-corrected chi connectivity index (χ4v) is 4.66. The molecule has 166 valence electrons. The highest BCUT2D eigenvalue weighted by Crippen LogP contribution is 2.24. The minimum Gasteiger partial charge on any atom is -0.478 e. The maximum Gasteiger partial charge on any atom is 0.336 e. The van der Waals surface area contributed by atoms with E-state index in [0.29, 0.717) is 0 Å². The number of hydrogen-bond acceptors (Lipinski definition) is 6. The maximum atomic E-state index is 12.8. The van der Waals surface area contributed by atoms with E-state index in [0.717, 1.165) is 6.26 Å². The predicted octanol–water partition coefficient (Wildman–Crippen LogP) is 2.84. The Kier molecular flexibility index (Phi) is 6.32. The number of rotatable bonds is 7. The maximum absolute atomic E-state index is 12.8. The highest BCUT2D eigenvalue weighted by Gasteiger charge is 2.19. The van der Waals surface area contributed by atoms with Gasteiger partial charge in [0.2, 0.25) is 19.9 Å². The largest absolute Gasteiger partial charge is 0.478 e. The topological polar surface area (TPSA) is 147 Å². The van der Waals surface area contributed by atoms with Crippen LogP contribution < -0.4 is 10.0 Å². The van der Waals surface area contributed by atoms with Gasteiger partial charge in [0.05, 0.1) is 27.2 Å². The molecule has 0 aliphatic heterocycles. The van der Waals surface area contributed by atoms with Gasteiger partial charge in [-0.3, -0.25) is 9.52 Å². The Hall–Kier alpha value is -3.70. The van der Waals surface area contributed by atoms with Crippen molar-refractivity contribution in [3.05, 3.63) is 83.9 Å². The van der Waals surface area contributed by atoms with Gasteiger partial charge >= 0.3 is 5.97 Å². The van der Waals surface area contributed by atoms with Crippen LogP contribution in [0.5, 0.6) is 0 Å². The van der Waals surface area contributed by atoms with Gasteiger partial charge in [0, 0.05) is 11.4 Å². The van der Waals surface area contributed by atoms with Crippen molar-refractivity contribution in [3.8, 4) is 0 Å². The smallest absolute Gasteiger partial charge is 0.336 e. The zero-order valence-corrected chi connectivity index (χ0v) is 18.3. The first kappa shape index (κ1) is 23.0. The Bertz CT molecular complexity index is 1380. The van der Waals surface area contributed by atoms with Gasteiger partial charge in [-0.05, 0) is 60.7 Å². The highest BCUT2D eigenvalue weighted by atomic mass is 32.2. The molecule has 11 heteroatoms. The summed E-state index contributed by atoms with van der Waals surface area (Å²) in [6.07, 6.45) is 0.984. The number of carbonyl (C=O) groups is 2. The van der Waals surface area contributed by atoms with Crippen molar-refractivity contribution in [3.63, 3.8) is 0 Å². The van der Waals surface area contributed by atoms with E-state index in [1.54, 1.807) is 0 Å². The molecule has 3 aromatic rings. The van der Waals surface area contributed by atoms with Crippen molar-refractivity contribution < 1.29 is 31.5 Å². The number of amides is 1. The summed E-state index contributed by atoms with van der Waals surface area (Å²) in [4.78, 5) is 23.6. The molecule has 3 N–H and O–H groups in total. The molecule has 3 aromatic carbocycles. The monoisotopic (exact) mass is 474 g/mol. The summed E-state index contributed by atoms with van der Waals surface area (Å²) in [6, 6.07) is 16.3. The van der Waals surface area contributed by atoms with Crippen LogP contribution in [0.4, 0.5) is 11.4 Å². The second kappa shape index (κ2) is 8.81. The van der Waals surface area contributed by atoms with Crippen molar-refractivity contribution in [2.45, 2.75) is 9.79 Å². The molecule has 0 radical (unpaired) electrons. The van der Waals surface area contributed by atoms with Crippen LogP contribution in [0.1, 0.15) is 20.7 Å². The molecule has 0 heterocycles. The molecule has 0 saturated carbocycles. The number of carbonyl (C=O) groups excluding carboxylic acids is 1.